The number of ether oxygens (including phenoxy) is 2. The first-order chi connectivity index (χ1) is 7.47. The normalized spacial score (nSPS) is 18.0. The van der Waals surface area contributed by atoms with E-state index in [0.29, 0.717) is 13.2 Å². The summed E-state index contributed by atoms with van der Waals surface area (Å²) < 4.78 is 24.2. The van der Waals surface area contributed by atoms with E-state index in [0.717, 1.165) is 11.1 Å². The maximum atomic E-state index is 13.5. The Morgan fingerprint density at radius 3 is 2.31 bits per heavy atom. The molecule has 0 unspecified atom stereocenters. The largest absolute Gasteiger partial charge is 0.346 e. The van der Waals surface area contributed by atoms with Crippen LogP contribution in [-0.4, -0.2) is 13.2 Å². The van der Waals surface area contributed by atoms with Crippen molar-refractivity contribution in [3.05, 3.63) is 35.1 Å². The van der Waals surface area contributed by atoms with E-state index in [2.05, 4.69) is 20.8 Å². The third-order valence-corrected chi connectivity index (χ3v) is 2.68. The predicted molar refractivity (Wildman–Crippen MR) is 59.7 cm³/mol. The van der Waals surface area contributed by atoms with Gasteiger partial charge in [-0.2, -0.15) is 0 Å². The van der Waals surface area contributed by atoms with E-state index in [9.17, 15) is 4.39 Å². The van der Waals surface area contributed by atoms with E-state index in [1.807, 2.05) is 6.07 Å². The predicted octanol–water partition coefficient (Wildman–Crippen LogP) is 3.17. The Labute approximate surface area is 95.4 Å². The van der Waals surface area contributed by atoms with Gasteiger partial charge in [0.25, 0.3) is 0 Å². The summed E-state index contributed by atoms with van der Waals surface area (Å²) in [5.74, 6) is -0.235. The highest BCUT2D eigenvalue weighted by atomic mass is 19.1. The highest BCUT2D eigenvalue weighted by Crippen LogP contribution is 2.29. The summed E-state index contributed by atoms with van der Waals surface area (Å²) in [4.78, 5) is 0. The second kappa shape index (κ2) is 4.15. The molecule has 1 aromatic rings. The van der Waals surface area contributed by atoms with Gasteiger partial charge in [-0.05, 0) is 23.1 Å². The maximum absolute atomic E-state index is 13.5. The van der Waals surface area contributed by atoms with E-state index in [1.165, 1.54) is 6.07 Å². The summed E-state index contributed by atoms with van der Waals surface area (Å²) in [6, 6.07) is 5.00. The molecule has 1 aromatic carbocycles. The summed E-state index contributed by atoms with van der Waals surface area (Å²) >= 11 is 0. The zero-order valence-corrected chi connectivity index (χ0v) is 9.92. The zero-order chi connectivity index (χ0) is 11.8. The summed E-state index contributed by atoms with van der Waals surface area (Å²) in [7, 11) is 0. The van der Waals surface area contributed by atoms with Crippen LogP contribution in [0.1, 0.15) is 38.2 Å². The van der Waals surface area contributed by atoms with Gasteiger partial charge in [-0.25, -0.2) is 4.39 Å². The Morgan fingerprint density at radius 1 is 1.12 bits per heavy atom. The van der Waals surface area contributed by atoms with Crippen molar-refractivity contribution in [2.45, 2.75) is 32.5 Å². The van der Waals surface area contributed by atoms with E-state index >= 15 is 0 Å². The smallest absolute Gasteiger partial charge is 0.184 e. The van der Waals surface area contributed by atoms with Crippen molar-refractivity contribution < 1.29 is 13.9 Å². The van der Waals surface area contributed by atoms with Crippen LogP contribution < -0.4 is 0 Å². The molecule has 1 saturated heterocycles. The van der Waals surface area contributed by atoms with Gasteiger partial charge in [0.2, 0.25) is 0 Å². The molecule has 1 fully saturated rings. The standard InChI is InChI=1S/C13H17FO2/c1-13(2,3)10-6-9(7-11(14)8-10)12-15-4-5-16-12/h6-8,12H,4-5H2,1-3H3. The average Bonchev–Trinajstić information content (AvgIpc) is 2.68. The van der Waals surface area contributed by atoms with Gasteiger partial charge in [-0.15, -0.1) is 0 Å². The Bertz CT molecular complexity index is 376. The van der Waals surface area contributed by atoms with Crippen molar-refractivity contribution in [3.8, 4) is 0 Å². The van der Waals surface area contributed by atoms with Crippen molar-refractivity contribution in [1.82, 2.24) is 0 Å². The molecular formula is C13H17FO2. The topological polar surface area (TPSA) is 18.5 Å². The van der Waals surface area contributed by atoms with Crippen LogP contribution in [0.25, 0.3) is 0 Å². The van der Waals surface area contributed by atoms with Gasteiger partial charge >= 0.3 is 0 Å². The molecule has 88 valence electrons. The summed E-state index contributed by atoms with van der Waals surface area (Å²) in [5, 5.41) is 0. The van der Waals surface area contributed by atoms with Gasteiger partial charge in [0.15, 0.2) is 6.29 Å². The van der Waals surface area contributed by atoms with E-state index in [-0.39, 0.29) is 11.2 Å². The minimum Gasteiger partial charge on any atom is -0.346 e. The second-order valence-corrected chi connectivity index (χ2v) is 5.10. The van der Waals surface area contributed by atoms with Gasteiger partial charge in [0.1, 0.15) is 5.82 Å². The first kappa shape index (κ1) is 11.6. The fraction of sp³-hybridized carbons (Fsp3) is 0.538. The van der Waals surface area contributed by atoms with Gasteiger partial charge in [0.05, 0.1) is 13.2 Å². The molecule has 0 amide bonds. The number of rotatable bonds is 1. The van der Waals surface area contributed by atoms with Crippen LogP contribution in [0, 0.1) is 5.82 Å². The molecule has 16 heavy (non-hydrogen) atoms. The average molecular weight is 224 g/mol. The lowest BCUT2D eigenvalue weighted by Gasteiger charge is -2.21. The molecule has 3 heteroatoms. The van der Waals surface area contributed by atoms with Crippen LogP contribution >= 0.6 is 0 Å². The quantitative estimate of drug-likeness (QED) is 0.729. The van der Waals surface area contributed by atoms with E-state index in [4.69, 9.17) is 9.47 Å². The highest BCUT2D eigenvalue weighted by molar-refractivity contribution is 5.30. The molecule has 2 nitrogen and oxygen atoms in total. The highest BCUT2D eigenvalue weighted by Gasteiger charge is 2.22. The maximum Gasteiger partial charge on any atom is 0.184 e. The monoisotopic (exact) mass is 224 g/mol. The Kier molecular flexibility index (Phi) is 3.00. The molecule has 0 spiro atoms. The molecule has 0 N–H and O–H groups in total. The van der Waals surface area contributed by atoms with Crippen molar-refractivity contribution >= 4 is 0 Å². The number of benzene rings is 1. The van der Waals surface area contributed by atoms with Crippen LogP contribution in [0.15, 0.2) is 18.2 Å². The molecule has 0 aromatic heterocycles. The third kappa shape index (κ3) is 2.42. The molecule has 1 aliphatic heterocycles. The van der Waals surface area contributed by atoms with Crippen LogP contribution in [0.4, 0.5) is 4.39 Å². The first-order valence-corrected chi connectivity index (χ1v) is 5.51. The number of halogens is 1. The molecule has 1 heterocycles. The lowest BCUT2D eigenvalue weighted by molar-refractivity contribution is -0.0443. The fourth-order valence-electron chi connectivity index (χ4n) is 1.73. The molecule has 0 saturated carbocycles. The first-order valence-electron chi connectivity index (χ1n) is 5.51. The SMILES string of the molecule is CC(C)(C)c1cc(F)cc(C2OCCO2)c1. The second-order valence-electron chi connectivity index (χ2n) is 5.10. The van der Waals surface area contributed by atoms with Crippen molar-refractivity contribution in [2.75, 3.05) is 13.2 Å². The Morgan fingerprint density at radius 2 is 1.75 bits per heavy atom. The minimum absolute atomic E-state index is 0.0740. The van der Waals surface area contributed by atoms with Crippen molar-refractivity contribution in [2.24, 2.45) is 0 Å². The lowest BCUT2D eigenvalue weighted by Crippen LogP contribution is -2.13. The van der Waals surface area contributed by atoms with Crippen LogP contribution in [0.5, 0.6) is 0 Å². The number of hydrogen-bond donors (Lipinski definition) is 0. The van der Waals surface area contributed by atoms with Crippen molar-refractivity contribution in [1.29, 1.82) is 0 Å². The minimum atomic E-state index is -0.406. The summed E-state index contributed by atoms with van der Waals surface area (Å²) in [6.07, 6.45) is -0.406. The van der Waals surface area contributed by atoms with Gasteiger partial charge in [-0.3, -0.25) is 0 Å². The summed E-state index contributed by atoms with van der Waals surface area (Å²) in [5.41, 5.74) is 1.65. The van der Waals surface area contributed by atoms with E-state index < -0.39 is 6.29 Å². The van der Waals surface area contributed by atoms with Crippen LogP contribution in [0.2, 0.25) is 0 Å². The molecule has 2 rings (SSSR count). The number of hydrogen-bond acceptors (Lipinski definition) is 2. The fourth-order valence-corrected chi connectivity index (χ4v) is 1.73. The molecule has 0 atom stereocenters. The zero-order valence-electron chi connectivity index (χ0n) is 9.92. The Balaban J connectivity index is 2.35. The Hall–Kier alpha value is -0.930. The molecule has 1 aliphatic rings. The third-order valence-electron chi connectivity index (χ3n) is 2.68. The molecule has 0 radical (unpaired) electrons. The van der Waals surface area contributed by atoms with Crippen LogP contribution in [-0.2, 0) is 14.9 Å². The van der Waals surface area contributed by atoms with Gasteiger partial charge in [0, 0.05) is 5.56 Å². The van der Waals surface area contributed by atoms with Crippen molar-refractivity contribution in [3.63, 3.8) is 0 Å². The van der Waals surface area contributed by atoms with E-state index in [1.54, 1.807) is 6.07 Å². The lowest BCUT2D eigenvalue weighted by atomic mass is 9.86. The molecule has 0 bridgehead atoms. The molecular weight excluding hydrogens is 207 g/mol. The van der Waals surface area contributed by atoms with Crippen LogP contribution in [0.3, 0.4) is 0 Å². The molecule has 0 aliphatic carbocycles. The van der Waals surface area contributed by atoms with Gasteiger partial charge < -0.3 is 9.47 Å². The summed E-state index contributed by atoms with van der Waals surface area (Å²) in [6.45, 7) is 7.32. The van der Waals surface area contributed by atoms with Gasteiger partial charge in [-0.1, -0.05) is 26.8 Å².